The Morgan fingerprint density at radius 2 is 1.97 bits per heavy atom. The Labute approximate surface area is 171 Å². The summed E-state index contributed by atoms with van der Waals surface area (Å²) in [4.78, 5) is 34.7. The molecule has 1 atom stereocenters. The Bertz CT molecular complexity index is 795. The average molecular weight is 402 g/mol. The lowest BCUT2D eigenvalue weighted by Gasteiger charge is -2.21. The Hall–Kier alpha value is -2.16. The maximum Gasteiger partial charge on any atom is 0.156 e. The molecule has 2 saturated carbocycles. The number of likely N-dealkylation sites (N-methyl/N-ethyl adjacent to an activating group) is 2. The van der Waals surface area contributed by atoms with E-state index in [0.717, 1.165) is 44.6 Å². The smallest absolute Gasteiger partial charge is 0.156 e. The molecule has 0 spiro atoms. The van der Waals surface area contributed by atoms with Crippen molar-refractivity contribution in [2.24, 2.45) is 5.92 Å². The first-order valence-electron chi connectivity index (χ1n) is 10.3. The molecule has 2 aliphatic carbocycles. The zero-order chi connectivity index (χ0) is 20.6. The second-order valence-electron chi connectivity index (χ2n) is 7.83. The highest BCUT2D eigenvalue weighted by Crippen LogP contribution is 2.39. The van der Waals surface area contributed by atoms with Gasteiger partial charge in [0.15, 0.2) is 11.9 Å². The predicted molar refractivity (Wildman–Crippen MR) is 111 cm³/mol. The maximum absolute atomic E-state index is 10.7. The van der Waals surface area contributed by atoms with E-state index in [4.69, 9.17) is 4.74 Å². The molecule has 1 saturated heterocycles. The SMILES string of the molecule is CN1CCOCC1.CN[C@@H](C=O)C1CC1.O=Cc1c[nH]c2ncc(C3CC3)nc12. The van der Waals surface area contributed by atoms with Gasteiger partial charge in [0.25, 0.3) is 0 Å². The highest BCUT2D eigenvalue weighted by Gasteiger charge is 2.29. The third-order valence-electron chi connectivity index (χ3n) is 5.40. The van der Waals surface area contributed by atoms with Crippen LogP contribution in [0.4, 0.5) is 0 Å². The van der Waals surface area contributed by atoms with Gasteiger partial charge < -0.3 is 24.7 Å². The largest absolute Gasteiger partial charge is 0.379 e. The van der Waals surface area contributed by atoms with Crippen LogP contribution in [0.25, 0.3) is 11.2 Å². The molecule has 2 N–H and O–H groups in total. The van der Waals surface area contributed by atoms with Gasteiger partial charge in [-0.15, -0.1) is 0 Å². The second-order valence-corrected chi connectivity index (χ2v) is 7.83. The van der Waals surface area contributed by atoms with Crippen LogP contribution in [0.2, 0.25) is 0 Å². The zero-order valence-electron chi connectivity index (χ0n) is 17.3. The van der Waals surface area contributed by atoms with Crippen molar-refractivity contribution in [3.8, 4) is 0 Å². The van der Waals surface area contributed by atoms with Crippen molar-refractivity contribution >= 4 is 23.7 Å². The second kappa shape index (κ2) is 10.6. The van der Waals surface area contributed by atoms with Crippen LogP contribution in [0.1, 0.15) is 47.7 Å². The normalized spacial score (nSPS) is 20.1. The molecular weight excluding hydrogens is 370 g/mol. The van der Waals surface area contributed by atoms with Gasteiger partial charge in [-0.1, -0.05) is 0 Å². The molecule has 3 heterocycles. The molecule has 5 rings (SSSR count). The van der Waals surface area contributed by atoms with Crippen molar-refractivity contribution in [3.63, 3.8) is 0 Å². The zero-order valence-corrected chi connectivity index (χ0v) is 17.3. The maximum atomic E-state index is 10.7. The third kappa shape index (κ3) is 6.42. The van der Waals surface area contributed by atoms with Gasteiger partial charge in [0.1, 0.15) is 11.8 Å². The van der Waals surface area contributed by atoms with Crippen molar-refractivity contribution in [1.29, 1.82) is 0 Å². The van der Waals surface area contributed by atoms with E-state index in [9.17, 15) is 9.59 Å². The molecule has 8 nitrogen and oxygen atoms in total. The van der Waals surface area contributed by atoms with Crippen molar-refractivity contribution in [2.75, 3.05) is 40.4 Å². The van der Waals surface area contributed by atoms with Gasteiger partial charge >= 0.3 is 0 Å². The number of carbonyl (C=O) groups is 2. The number of aldehydes is 2. The molecule has 0 radical (unpaired) electrons. The lowest BCUT2D eigenvalue weighted by Crippen LogP contribution is -2.32. The summed E-state index contributed by atoms with van der Waals surface area (Å²) in [7, 11) is 3.94. The number of rotatable bonds is 5. The van der Waals surface area contributed by atoms with Crippen LogP contribution < -0.4 is 5.32 Å². The van der Waals surface area contributed by atoms with E-state index in [-0.39, 0.29) is 6.04 Å². The molecule has 0 unspecified atom stereocenters. The summed E-state index contributed by atoms with van der Waals surface area (Å²) >= 11 is 0. The predicted octanol–water partition coefficient (Wildman–Crippen LogP) is 1.78. The molecule has 2 aromatic heterocycles. The monoisotopic (exact) mass is 401 g/mol. The van der Waals surface area contributed by atoms with Crippen LogP contribution in [-0.2, 0) is 9.53 Å². The summed E-state index contributed by atoms with van der Waals surface area (Å²) in [5.41, 5.74) is 3.00. The molecule has 0 aromatic carbocycles. The average Bonchev–Trinajstić information content (AvgIpc) is 3.68. The molecule has 2 aromatic rings. The lowest BCUT2D eigenvalue weighted by atomic mass is 10.2. The fourth-order valence-corrected chi connectivity index (χ4v) is 3.11. The van der Waals surface area contributed by atoms with Gasteiger partial charge in [0, 0.05) is 25.2 Å². The molecule has 8 heteroatoms. The van der Waals surface area contributed by atoms with Gasteiger partial charge in [-0.3, -0.25) is 4.79 Å². The summed E-state index contributed by atoms with van der Waals surface area (Å²) in [6.07, 6.45) is 10.1. The Morgan fingerprint density at radius 3 is 2.41 bits per heavy atom. The van der Waals surface area contributed by atoms with Crippen LogP contribution in [0.5, 0.6) is 0 Å². The fourth-order valence-electron chi connectivity index (χ4n) is 3.11. The number of hydrogen-bond donors (Lipinski definition) is 2. The summed E-state index contributed by atoms with van der Waals surface area (Å²) in [5, 5.41) is 2.95. The number of fused-ring (bicyclic) bond motifs is 1. The van der Waals surface area contributed by atoms with Gasteiger partial charge in [0.2, 0.25) is 0 Å². The molecule has 0 amide bonds. The van der Waals surface area contributed by atoms with Crippen LogP contribution in [0.15, 0.2) is 12.4 Å². The Morgan fingerprint density at radius 1 is 1.24 bits per heavy atom. The lowest BCUT2D eigenvalue weighted by molar-refractivity contribution is -0.109. The number of ether oxygens (including phenoxy) is 1. The molecule has 0 bridgehead atoms. The van der Waals surface area contributed by atoms with Crippen LogP contribution >= 0.6 is 0 Å². The molecular formula is C21H31N5O3. The number of carbonyl (C=O) groups excluding carboxylic acids is 2. The van der Waals surface area contributed by atoms with Crippen molar-refractivity contribution in [3.05, 3.63) is 23.7 Å². The van der Waals surface area contributed by atoms with Gasteiger partial charge in [-0.25, -0.2) is 9.97 Å². The summed E-state index contributed by atoms with van der Waals surface area (Å²) < 4.78 is 5.10. The van der Waals surface area contributed by atoms with Crippen molar-refractivity contribution in [2.45, 2.75) is 37.6 Å². The standard InChI is InChI=1S/C10H9N3O.C6H11NO.C5H11NO/c14-5-7-3-11-10-9(7)13-8(4-12-10)6-1-2-6;1-7-6(4-8)5-2-3-5;1-6-2-4-7-5-3-6/h3-6H,1-2H2,(H,11,12);4-7H,2-3H2,1H3;2-5H2,1H3/t;6-;/m.0./s1. The van der Waals surface area contributed by atoms with E-state index in [1.807, 2.05) is 7.05 Å². The Kier molecular flexibility index (Phi) is 7.85. The number of aromatic amines is 1. The number of nitrogens with one attached hydrogen (secondary N) is 2. The first kappa shape index (κ1) is 21.5. The number of hydrogen-bond acceptors (Lipinski definition) is 7. The topological polar surface area (TPSA) is 100 Å². The quantitative estimate of drug-likeness (QED) is 0.737. The van der Waals surface area contributed by atoms with E-state index in [1.54, 1.807) is 12.4 Å². The minimum absolute atomic E-state index is 0.134. The number of morpholine rings is 1. The van der Waals surface area contributed by atoms with Crippen molar-refractivity contribution in [1.82, 2.24) is 25.2 Å². The van der Waals surface area contributed by atoms with Crippen LogP contribution in [-0.4, -0.2) is 78.9 Å². The number of nitrogens with zero attached hydrogens (tertiary/aromatic N) is 3. The van der Waals surface area contributed by atoms with E-state index < -0.39 is 0 Å². The molecule has 1 aliphatic heterocycles. The minimum atomic E-state index is 0.134. The van der Waals surface area contributed by atoms with Gasteiger partial charge in [-0.2, -0.15) is 0 Å². The van der Waals surface area contributed by atoms with E-state index >= 15 is 0 Å². The van der Waals surface area contributed by atoms with Crippen LogP contribution in [0.3, 0.4) is 0 Å². The van der Waals surface area contributed by atoms with Gasteiger partial charge in [-0.05, 0) is 45.7 Å². The van der Waals surface area contributed by atoms with E-state index in [2.05, 4.69) is 32.2 Å². The minimum Gasteiger partial charge on any atom is -0.379 e. The summed E-state index contributed by atoms with van der Waals surface area (Å²) in [6.45, 7) is 4.02. The Balaban J connectivity index is 0.000000137. The summed E-state index contributed by atoms with van der Waals surface area (Å²) in [5.74, 6) is 1.22. The molecule has 29 heavy (non-hydrogen) atoms. The molecule has 3 aliphatic rings. The molecule has 158 valence electrons. The number of H-pyrrole nitrogens is 1. The third-order valence-corrected chi connectivity index (χ3v) is 5.40. The van der Waals surface area contributed by atoms with Gasteiger partial charge in [0.05, 0.1) is 36.7 Å². The van der Waals surface area contributed by atoms with Crippen LogP contribution in [0, 0.1) is 5.92 Å². The van der Waals surface area contributed by atoms with Crippen molar-refractivity contribution < 1.29 is 14.3 Å². The summed E-state index contributed by atoms with van der Waals surface area (Å²) in [6, 6.07) is 0.134. The highest BCUT2D eigenvalue weighted by molar-refractivity contribution is 5.92. The fraction of sp³-hybridized carbons (Fsp3) is 0.619. The first-order valence-corrected chi connectivity index (χ1v) is 10.3. The van der Waals surface area contributed by atoms with E-state index in [0.29, 0.717) is 28.6 Å². The van der Waals surface area contributed by atoms with E-state index in [1.165, 1.54) is 25.7 Å². The number of aromatic nitrogens is 3. The molecule has 3 fully saturated rings. The highest BCUT2D eigenvalue weighted by atomic mass is 16.5. The first-order chi connectivity index (χ1) is 14.2.